The summed E-state index contributed by atoms with van der Waals surface area (Å²) in [6.07, 6.45) is 1.05. The molecule has 0 fully saturated rings. The second-order valence-electron chi connectivity index (χ2n) is 3.38. The van der Waals surface area contributed by atoms with Gasteiger partial charge in [0.1, 0.15) is 6.33 Å². The van der Waals surface area contributed by atoms with Crippen LogP contribution in [0.25, 0.3) is 5.65 Å². The highest BCUT2D eigenvalue weighted by Crippen LogP contribution is 2.01. The van der Waals surface area contributed by atoms with E-state index in [4.69, 9.17) is 5.73 Å². The van der Waals surface area contributed by atoms with Crippen molar-refractivity contribution >= 4 is 11.6 Å². The molecule has 0 radical (unpaired) electrons. The molecule has 11 heteroatoms. The number of amides is 1. The number of imidazole rings is 1. The molecular formula is C8H8F2N6O3. The molecule has 9 nitrogen and oxygen atoms in total. The number of aromatic nitrogens is 5. The van der Waals surface area contributed by atoms with Gasteiger partial charge in [0.25, 0.3) is 5.91 Å². The van der Waals surface area contributed by atoms with E-state index in [0.717, 1.165) is 15.4 Å². The molecule has 0 unspecified atom stereocenters. The van der Waals surface area contributed by atoms with Crippen molar-refractivity contribution in [2.45, 2.75) is 13.2 Å². The van der Waals surface area contributed by atoms with Crippen molar-refractivity contribution in [2.24, 2.45) is 5.73 Å². The van der Waals surface area contributed by atoms with Gasteiger partial charge in [-0.3, -0.25) is 4.79 Å². The van der Waals surface area contributed by atoms with Crippen LogP contribution in [0.15, 0.2) is 11.1 Å². The van der Waals surface area contributed by atoms with Gasteiger partial charge in [0.2, 0.25) is 0 Å². The van der Waals surface area contributed by atoms with Gasteiger partial charge in [-0.25, -0.2) is 14.2 Å². The normalized spacial score (nSPS) is 11.3. The molecule has 0 aromatic carbocycles. The average Bonchev–Trinajstić information content (AvgIpc) is 2.76. The highest BCUT2D eigenvalue weighted by atomic mass is 19.3. The Morgan fingerprint density at radius 1 is 1.53 bits per heavy atom. The number of rotatable bonds is 5. The van der Waals surface area contributed by atoms with E-state index < -0.39 is 24.8 Å². The summed E-state index contributed by atoms with van der Waals surface area (Å²) in [6.45, 7) is -3.55. The van der Waals surface area contributed by atoms with Gasteiger partial charge in [0.15, 0.2) is 11.3 Å². The molecule has 2 heterocycles. The number of alkyl halides is 2. The highest BCUT2D eigenvalue weighted by Gasteiger charge is 2.15. The number of hydrogen-bond acceptors (Lipinski definition) is 6. The SMILES string of the molecule is NC(=O)c1ncn2c(=O)n(CCOC(F)F)nnc12. The standard InChI is InChI=1S/C8H8F2N6O3/c9-7(10)19-2-1-16-8(18)15-3-12-4(5(11)17)6(15)13-14-16/h3,7H,1-2H2,(H2,11,17). The van der Waals surface area contributed by atoms with Gasteiger partial charge in [0, 0.05) is 0 Å². The molecule has 0 aliphatic rings. The molecule has 0 saturated heterocycles. The van der Waals surface area contributed by atoms with E-state index in [2.05, 4.69) is 20.0 Å². The fourth-order valence-corrected chi connectivity index (χ4v) is 1.38. The topological polar surface area (TPSA) is 117 Å². The summed E-state index contributed by atoms with van der Waals surface area (Å²) in [4.78, 5) is 26.4. The smallest absolute Gasteiger partial charge is 0.353 e. The van der Waals surface area contributed by atoms with Crippen LogP contribution in [0.3, 0.4) is 0 Å². The molecule has 2 N–H and O–H groups in total. The van der Waals surface area contributed by atoms with E-state index in [-0.39, 0.29) is 17.9 Å². The number of primary amides is 1. The summed E-state index contributed by atoms with van der Waals surface area (Å²) in [5.74, 6) is -0.852. The van der Waals surface area contributed by atoms with Gasteiger partial charge >= 0.3 is 12.3 Å². The second-order valence-corrected chi connectivity index (χ2v) is 3.38. The molecule has 0 saturated carbocycles. The van der Waals surface area contributed by atoms with Crippen LogP contribution in [0, 0.1) is 0 Å². The van der Waals surface area contributed by atoms with Crippen LogP contribution in [0.5, 0.6) is 0 Å². The van der Waals surface area contributed by atoms with Crippen LogP contribution in [-0.4, -0.2) is 43.5 Å². The Morgan fingerprint density at radius 2 is 2.26 bits per heavy atom. The molecule has 0 spiro atoms. The summed E-state index contributed by atoms with van der Waals surface area (Å²) in [5.41, 5.74) is 4.05. The van der Waals surface area contributed by atoms with Crippen LogP contribution < -0.4 is 11.4 Å². The summed E-state index contributed by atoms with van der Waals surface area (Å²) in [6, 6.07) is 0. The van der Waals surface area contributed by atoms with Crippen molar-refractivity contribution in [3.8, 4) is 0 Å². The first kappa shape index (κ1) is 13.0. The molecule has 0 aliphatic carbocycles. The average molecular weight is 274 g/mol. The fourth-order valence-electron chi connectivity index (χ4n) is 1.38. The van der Waals surface area contributed by atoms with Crippen LogP contribution in [-0.2, 0) is 11.3 Å². The Hall–Kier alpha value is -2.43. The molecule has 0 bridgehead atoms. The second kappa shape index (κ2) is 5.06. The lowest BCUT2D eigenvalue weighted by Crippen LogP contribution is -2.31. The third kappa shape index (κ3) is 2.54. The monoisotopic (exact) mass is 274 g/mol. The molecular weight excluding hydrogens is 266 g/mol. The number of carbonyl (C=O) groups is 1. The Morgan fingerprint density at radius 3 is 2.89 bits per heavy atom. The number of fused-ring (bicyclic) bond motifs is 1. The minimum atomic E-state index is -2.93. The molecule has 2 aromatic rings. The van der Waals surface area contributed by atoms with Gasteiger partial charge < -0.3 is 10.5 Å². The van der Waals surface area contributed by atoms with Gasteiger partial charge in [-0.2, -0.15) is 13.5 Å². The molecule has 1 amide bonds. The summed E-state index contributed by atoms with van der Waals surface area (Å²) in [7, 11) is 0. The van der Waals surface area contributed by atoms with E-state index in [0.29, 0.717) is 0 Å². The molecule has 2 rings (SSSR count). The van der Waals surface area contributed by atoms with Gasteiger partial charge in [-0.15, -0.1) is 5.10 Å². The Bertz CT molecular complexity index is 666. The largest absolute Gasteiger partial charge is 0.364 e. The lowest BCUT2D eigenvalue weighted by Gasteiger charge is -2.04. The van der Waals surface area contributed by atoms with E-state index in [1.165, 1.54) is 0 Å². The van der Waals surface area contributed by atoms with Crippen LogP contribution in [0.1, 0.15) is 10.5 Å². The number of hydrogen-bond donors (Lipinski definition) is 1. The van der Waals surface area contributed by atoms with E-state index in [9.17, 15) is 18.4 Å². The molecule has 2 aromatic heterocycles. The third-order valence-corrected chi connectivity index (χ3v) is 2.20. The minimum Gasteiger partial charge on any atom is -0.364 e. The van der Waals surface area contributed by atoms with E-state index in [1.54, 1.807) is 0 Å². The van der Waals surface area contributed by atoms with E-state index in [1.807, 2.05) is 0 Å². The number of halogens is 2. The van der Waals surface area contributed by atoms with Crippen molar-refractivity contribution in [1.82, 2.24) is 24.4 Å². The maximum atomic E-state index is 11.8. The first-order chi connectivity index (χ1) is 9.00. The van der Waals surface area contributed by atoms with Crippen molar-refractivity contribution in [2.75, 3.05) is 6.61 Å². The molecule has 0 atom stereocenters. The molecule has 0 aliphatic heterocycles. The predicted molar refractivity (Wildman–Crippen MR) is 55.5 cm³/mol. The van der Waals surface area contributed by atoms with Crippen LogP contribution >= 0.6 is 0 Å². The van der Waals surface area contributed by atoms with Crippen molar-refractivity contribution in [3.63, 3.8) is 0 Å². The summed E-state index contributed by atoms with van der Waals surface area (Å²) >= 11 is 0. The van der Waals surface area contributed by atoms with Gasteiger partial charge in [0.05, 0.1) is 13.2 Å². The number of ether oxygens (including phenoxy) is 1. The number of nitrogens with two attached hydrogens (primary N) is 1. The van der Waals surface area contributed by atoms with Crippen LogP contribution in [0.2, 0.25) is 0 Å². The van der Waals surface area contributed by atoms with Crippen molar-refractivity contribution in [3.05, 3.63) is 22.5 Å². The zero-order chi connectivity index (χ0) is 14.0. The fraction of sp³-hybridized carbons (Fsp3) is 0.375. The first-order valence-electron chi connectivity index (χ1n) is 5.01. The third-order valence-electron chi connectivity index (χ3n) is 2.20. The summed E-state index contributed by atoms with van der Waals surface area (Å²) in [5, 5.41) is 7.07. The Kier molecular flexibility index (Phi) is 3.46. The maximum absolute atomic E-state index is 11.8. The highest BCUT2D eigenvalue weighted by molar-refractivity contribution is 5.96. The van der Waals surface area contributed by atoms with Crippen molar-refractivity contribution < 1.29 is 18.3 Å². The van der Waals surface area contributed by atoms with Crippen molar-refractivity contribution in [1.29, 1.82) is 0 Å². The summed E-state index contributed by atoms with van der Waals surface area (Å²) < 4.78 is 29.3. The molecule has 102 valence electrons. The first-order valence-corrected chi connectivity index (χ1v) is 5.01. The van der Waals surface area contributed by atoms with Gasteiger partial charge in [-0.05, 0) is 0 Å². The lowest BCUT2D eigenvalue weighted by molar-refractivity contribution is -0.131. The van der Waals surface area contributed by atoms with Crippen LogP contribution in [0.4, 0.5) is 8.78 Å². The Labute approximate surface area is 103 Å². The number of nitrogens with zero attached hydrogens (tertiary/aromatic N) is 5. The zero-order valence-corrected chi connectivity index (χ0v) is 9.36. The lowest BCUT2D eigenvalue weighted by atomic mass is 10.4. The molecule has 19 heavy (non-hydrogen) atoms. The van der Waals surface area contributed by atoms with Gasteiger partial charge in [-0.1, -0.05) is 5.21 Å². The maximum Gasteiger partial charge on any atom is 0.353 e. The minimum absolute atomic E-state index is 0.0940. The number of carbonyl (C=O) groups excluding carboxylic acids is 1. The van der Waals surface area contributed by atoms with E-state index >= 15 is 0 Å². The Balaban J connectivity index is 2.31. The predicted octanol–water partition coefficient (Wildman–Crippen LogP) is -1.38. The zero-order valence-electron chi connectivity index (χ0n) is 9.36. The quantitative estimate of drug-likeness (QED) is 0.718.